The molecule has 5 rings (SSSR count). The number of phenolic OH excluding ortho intramolecular Hbond substituents is 3. The predicted molar refractivity (Wildman–Crippen MR) is 172 cm³/mol. The number of nitrogens with one attached hydrogen (secondary N) is 2. The van der Waals surface area contributed by atoms with Crippen LogP contribution in [0, 0.1) is 0 Å². The number of ether oxygens (including phenoxy) is 3. The molecule has 1 heterocycles. The lowest BCUT2D eigenvalue weighted by atomic mass is 9.89. The summed E-state index contributed by atoms with van der Waals surface area (Å²) >= 11 is 0. The summed E-state index contributed by atoms with van der Waals surface area (Å²) in [4.78, 5) is 26.4. The van der Waals surface area contributed by atoms with E-state index in [0.29, 0.717) is 54.1 Å². The highest BCUT2D eigenvalue weighted by molar-refractivity contribution is 5.92. The van der Waals surface area contributed by atoms with E-state index in [0.717, 1.165) is 11.1 Å². The molecule has 0 saturated carbocycles. The molecule has 0 saturated heterocycles. The van der Waals surface area contributed by atoms with Crippen molar-refractivity contribution < 1.29 is 39.1 Å². The smallest absolute Gasteiger partial charge is 0.244 e. The summed E-state index contributed by atoms with van der Waals surface area (Å²) in [7, 11) is 2.95. The first kappa shape index (κ1) is 31.8. The molecular formula is C36H36N2O8. The second-order valence-electron chi connectivity index (χ2n) is 10.8. The SMILES string of the molecule is COc1cc([C@@H]2Oc3c(OC)cc(C=CC(=O)NCCc4ccc(O)cc4)cc3[C@@H]2C(=O)NCCc2ccc(O)cc2)ccc1O. The van der Waals surface area contributed by atoms with Crippen molar-refractivity contribution in [1.82, 2.24) is 10.6 Å². The summed E-state index contributed by atoms with van der Waals surface area (Å²) in [6.45, 7) is 0.765. The molecule has 0 fully saturated rings. The lowest BCUT2D eigenvalue weighted by molar-refractivity contribution is -0.124. The number of carbonyl (C=O) groups excluding carboxylic acids is 2. The molecule has 0 spiro atoms. The van der Waals surface area contributed by atoms with Crippen LogP contribution in [0.5, 0.6) is 34.5 Å². The minimum Gasteiger partial charge on any atom is -0.508 e. The molecule has 238 valence electrons. The molecule has 0 aromatic heterocycles. The summed E-state index contributed by atoms with van der Waals surface area (Å²) < 4.78 is 17.3. The number of phenols is 3. The zero-order valence-electron chi connectivity index (χ0n) is 25.5. The van der Waals surface area contributed by atoms with Crippen molar-refractivity contribution in [3.05, 3.63) is 113 Å². The highest BCUT2D eigenvalue weighted by atomic mass is 16.5. The minimum absolute atomic E-state index is 0.0389. The van der Waals surface area contributed by atoms with Gasteiger partial charge >= 0.3 is 0 Å². The van der Waals surface area contributed by atoms with E-state index in [1.54, 1.807) is 78.9 Å². The Labute approximate surface area is 266 Å². The van der Waals surface area contributed by atoms with E-state index in [4.69, 9.17) is 14.2 Å². The van der Waals surface area contributed by atoms with Gasteiger partial charge in [-0.2, -0.15) is 0 Å². The summed E-state index contributed by atoms with van der Waals surface area (Å²) in [6, 6.07) is 22.0. The first-order chi connectivity index (χ1) is 22.2. The molecule has 1 aliphatic heterocycles. The van der Waals surface area contributed by atoms with Crippen LogP contribution in [-0.4, -0.2) is 54.4 Å². The fraction of sp³-hybridized carbons (Fsp3) is 0.222. The Morgan fingerprint density at radius 3 is 2.00 bits per heavy atom. The van der Waals surface area contributed by atoms with E-state index >= 15 is 0 Å². The van der Waals surface area contributed by atoms with Gasteiger partial charge in [0.2, 0.25) is 11.8 Å². The van der Waals surface area contributed by atoms with Crippen LogP contribution in [0.1, 0.15) is 39.8 Å². The average Bonchev–Trinajstić information content (AvgIpc) is 3.45. The van der Waals surface area contributed by atoms with E-state index in [1.165, 1.54) is 26.4 Å². The lowest BCUT2D eigenvalue weighted by Crippen LogP contribution is -2.33. The highest BCUT2D eigenvalue weighted by Gasteiger charge is 2.42. The van der Waals surface area contributed by atoms with Crippen LogP contribution in [0.3, 0.4) is 0 Å². The van der Waals surface area contributed by atoms with Crippen LogP contribution in [0.15, 0.2) is 84.9 Å². The molecule has 4 aromatic carbocycles. The number of amides is 2. The van der Waals surface area contributed by atoms with E-state index < -0.39 is 12.0 Å². The fourth-order valence-electron chi connectivity index (χ4n) is 5.35. The first-order valence-electron chi connectivity index (χ1n) is 14.8. The normalized spacial score (nSPS) is 15.2. The van der Waals surface area contributed by atoms with Crippen molar-refractivity contribution in [2.24, 2.45) is 0 Å². The van der Waals surface area contributed by atoms with Gasteiger partial charge in [-0.15, -0.1) is 0 Å². The van der Waals surface area contributed by atoms with Crippen LogP contribution < -0.4 is 24.8 Å². The molecule has 0 unspecified atom stereocenters. The number of methoxy groups -OCH3 is 2. The molecule has 0 radical (unpaired) electrons. The van der Waals surface area contributed by atoms with Gasteiger partial charge in [0.1, 0.15) is 23.5 Å². The van der Waals surface area contributed by atoms with Crippen LogP contribution >= 0.6 is 0 Å². The Hall–Kier alpha value is -5.64. The van der Waals surface area contributed by atoms with Crippen molar-refractivity contribution in [3.8, 4) is 34.5 Å². The Bertz CT molecular complexity index is 1720. The van der Waals surface area contributed by atoms with Gasteiger partial charge in [-0.1, -0.05) is 30.3 Å². The third kappa shape index (κ3) is 7.52. The van der Waals surface area contributed by atoms with Crippen LogP contribution in [-0.2, 0) is 22.4 Å². The monoisotopic (exact) mass is 624 g/mol. The minimum atomic E-state index is -0.787. The maximum absolute atomic E-state index is 13.8. The lowest BCUT2D eigenvalue weighted by Gasteiger charge is -2.20. The molecule has 10 nitrogen and oxygen atoms in total. The van der Waals surface area contributed by atoms with Gasteiger partial charge in [-0.25, -0.2) is 0 Å². The Kier molecular flexibility index (Phi) is 9.97. The summed E-state index contributed by atoms with van der Waals surface area (Å²) in [6.07, 6.45) is 3.47. The van der Waals surface area contributed by atoms with Crippen molar-refractivity contribution in [2.45, 2.75) is 24.9 Å². The van der Waals surface area contributed by atoms with Crippen molar-refractivity contribution in [1.29, 1.82) is 0 Å². The molecule has 0 bridgehead atoms. The molecular weight excluding hydrogens is 588 g/mol. The van der Waals surface area contributed by atoms with Crippen LogP contribution in [0.25, 0.3) is 6.08 Å². The topological polar surface area (TPSA) is 147 Å². The predicted octanol–water partition coefficient (Wildman–Crippen LogP) is 4.77. The molecule has 10 heteroatoms. The number of benzene rings is 4. The summed E-state index contributed by atoms with van der Waals surface area (Å²) in [5, 5.41) is 35.1. The number of rotatable bonds is 12. The van der Waals surface area contributed by atoms with E-state index in [1.807, 2.05) is 0 Å². The van der Waals surface area contributed by atoms with Gasteiger partial charge in [0.25, 0.3) is 0 Å². The number of aromatic hydroxyl groups is 3. The Morgan fingerprint density at radius 2 is 1.39 bits per heavy atom. The van der Waals surface area contributed by atoms with E-state index in [9.17, 15) is 24.9 Å². The molecule has 1 aliphatic rings. The van der Waals surface area contributed by atoms with Gasteiger partial charge in [0.15, 0.2) is 23.0 Å². The number of hydrogen-bond donors (Lipinski definition) is 5. The highest BCUT2D eigenvalue weighted by Crippen LogP contribution is 2.51. The summed E-state index contributed by atoms with van der Waals surface area (Å²) in [5.74, 6) is 0.0356. The molecule has 0 aliphatic carbocycles. The standard InChI is InChI=1S/C36H36N2O8/c1-44-30-21-25(8-13-29(30)41)34-33(36(43)38-18-16-23-5-11-27(40)12-6-23)28-19-24(20-31(45-2)35(28)46-34)7-14-32(42)37-17-15-22-3-9-26(39)10-4-22/h3-14,19-21,33-34,39-41H,15-18H2,1-2H3,(H,37,42)(H,38,43)/t33-,34-/m0/s1. The number of fused-ring (bicyclic) bond motifs is 1. The number of hydrogen-bond acceptors (Lipinski definition) is 8. The Balaban J connectivity index is 1.37. The van der Waals surface area contributed by atoms with Gasteiger partial charge in [-0.05, 0) is 89.7 Å². The van der Waals surface area contributed by atoms with Crippen molar-refractivity contribution in [3.63, 3.8) is 0 Å². The second kappa shape index (κ2) is 14.4. The van der Waals surface area contributed by atoms with Crippen LogP contribution in [0.4, 0.5) is 0 Å². The molecule has 4 aromatic rings. The van der Waals surface area contributed by atoms with E-state index in [-0.39, 0.29) is 34.8 Å². The fourth-order valence-corrected chi connectivity index (χ4v) is 5.35. The second-order valence-corrected chi connectivity index (χ2v) is 10.8. The first-order valence-corrected chi connectivity index (χ1v) is 14.8. The molecule has 2 amide bonds. The number of carbonyl (C=O) groups is 2. The Morgan fingerprint density at radius 1 is 0.783 bits per heavy atom. The average molecular weight is 625 g/mol. The van der Waals surface area contributed by atoms with Gasteiger partial charge in [0.05, 0.1) is 14.2 Å². The van der Waals surface area contributed by atoms with Crippen molar-refractivity contribution >= 4 is 17.9 Å². The molecule has 5 N–H and O–H groups in total. The summed E-state index contributed by atoms with van der Waals surface area (Å²) in [5.41, 5.74) is 3.79. The van der Waals surface area contributed by atoms with Gasteiger partial charge in [0, 0.05) is 24.7 Å². The van der Waals surface area contributed by atoms with E-state index in [2.05, 4.69) is 10.6 Å². The third-order valence-electron chi connectivity index (χ3n) is 7.75. The maximum Gasteiger partial charge on any atom is 0.244 e. The zero-order valence-corrected chi connectivity index (χ0v) is 25.5. The molecule has 2 atom stereocenters. The zero-order chi connectivity index (χ0) is 32.6. The van der Waals surface area contributed by atoms with Crippen LogP contribution in [0.2, 0.25) is 0 Å². The maximum atomic E-state index is 13.8. The van der Waals surface area contributed by atoms with Crippen molar-refractivity contribution in [2.75, 3.05) is 27.3 Å². The quantitative estimate of drug-likeness (QED) is 0.142. The van der Waals surface area contributed by atoms with Gasteiger partial charge in [-0.3, -0.25) is 9.59 Å². The third-order valence-corrected chi connectivity index (χ3v) is 7.75. The molecule has 46 heavy (non-hydrogen) atoms. The van der Waals surface area contributed by atoms with Gasteiger partial charge < -0.3 is 40.2 Å². The largest absolute Gasteiger partial charge is 0.508 e.